The van der Waals surface area contributed by atoms with E-state index in [9.17, 15) is 0 Å². The highest BCUT2D eigenvalue weighted by atomic mass is 32.2. The van der Waals surface area contributed by atoms with E-state index in [0.717, 1.165) is 29.9 Å². The molecule has 0 bridgehead atoms. The van der Waals surface area contributed by atoms with Crippen LogP contribution in [0.1, 0.15) is 50.4 Å². The summed E-state index contributed by atoms with van der Waals surface area (Å²) >= 11 is 1.90. The topological polar surface area (TPSA) is 30.7 Å². The van der Waals surface area contributed by atoms with Crippen LogP contribution < -0.4 is 0 Å². The molecule has 1 heterocycles. The fourth-order valence-electron chi connectivity index (χ4n) is 3.20. The van der Waals surface area contributed by atoms with Crippen molar-refractivity contribution in [3.8, 4) is 0 Å². The van der Waals surface area contributed by atoms with Crippen molar-refractivity contribution in [2.75, 3.05) is 5.75 Å². The highest BCUT2D eigenvalue weighted by molar-refractivity contribution is 7.99. The Bertz CT molecular complexity index is 573. The van der Waals surface area contributed by atoms with Crippen molar-refractivity contribution in [3.63, 3.8) is 0 Å². The van der Waals surface area contributed by atoms with Crippen LogP contribution in [0.4, 0.5) is 0 Å². The van der Waals surface area contributed by atoms with Crippen molar-refractivity contribution >= 4 is 11.8 Å². The third kappa shape index (κ3) is 3.92. The molecule has 3 rings (SSSR count). The Kier molecular flexibility index (Phi) is 5.54. The van der Waals surface area contributed by atoms with Crippen LogP contribution in [0.3, 0.4) is 0 Å². The Hall–Kier alpha value is -1.29. The number of thioether (sulfide) groups is 1. The largest absolute Gasteiger partial charge is 0.306 e. The summed E-state index contributed by atoms with van der Waals surface area (Å²) in [5.74, 6) is 3.15. The van der Waals surface area contributed by atoms with Gasteiger partial charge in [0.25, 0.3) is 0 Å². The minimum Gasteiger partial charge on any atom is -0.306 e. The third-order valence-electron chi connectivity index (χ3n) is 4.49. The molecule has 22 heavy (non-hydrogen) atoms. The van der Waals surface area contributed by atoms with E-state index < -0.39 is 0 Å². The van der Waals surface area contributed by atoms with Gasteiger partial charge in [0.05, 0.1) is 0 Å². The zero-order valence-electron chi connectivity index (χ0n) is 13.4. The van der Waals surface area contributed by atoms with Crippen LogP contribution in [-0.4, -0.2) is 20.5 Å². The standard InChI is InChI=1S/C18H25N3S/c1-2-21-17(13-15-9-5-3-6-10-15)19-20-18(21)22-14-16-11-7-4-8-12-16/h3,5-6,9-10,16H,2,4,7-8,11-14H2,1H3. The molecule has 4 heteroatoms. The molecule has 1 aromatic heterocycles. The summed E-state index contributed by atoms with van der Waals surface area (Å²) in [6.45, 7) is 3.13. The normalized spacial score (nSPS) is 16.0. The molecule has 1 fully saturated rings. The minimum absolute atomic E-state index is 0.867. The number of hydrogen-bond acceptors (Lipinski definition) is 3. The molecule has 0 atom stereocenters. The van der Waals surface area contributed by atoms with Crippen LogP contribution in [0, 0.1) is 5.92 Å². The first-order chi connectivity index (χ1) is 10.9. The number of hydrogen-bond donors (Lipinski definition) is 0. The highest BCUT2D eigenvalue weighted by Gasteiger charge is 2.17. The van der Waals surface area contributed by atoms with Gasteiger partial charge in [0.15, 0.2) is 5.16 Å². The summed E-state index contributed by atoms with van der Waals surface area (Å²) in [7, 11) is 0. The molecule has 0 N–H and O–H groups in total. The fraction of sp³-hybridized carbons (Fsp3) is 0.556. The van der Waals surface area contributed by atoms with Crippen LogP contribution in [0.5, 0.6) is 0 Å². The monoisotopic (exact) mass is 315 g/mol. The summed E-state index contributed by atoms with van der Waals surface area (Å²) in [6.07, 6.45) is 7.89. The molecular weight excluding hydrogens is 290 g/mol. The van der Waals surface area contributed by atoms with E-state index in [1.807, 2.05) is 11.8 Å². The van der Waals surface area contributed by atoms with E-state index in [1.54, 1.807) is 0 Å². The van der Waals surface area contributed by atoms with Crippen molar-refractivity contribution in [2.45, 2.75) is 57.1 Å². The molecule has 1 saturated carbocycles. The average molecular weight is 315 g/mol. The van der Waals surface area contributed by atoms with Gasteiger partial charge in [-0.05, 0) is 31.2 Å². The van der Waals surface area contributed by atoms with Gasteiger partial charge in [-0.2, -0.15) is 0 Å². The molecule has 0 aliphatic heterocycles. The maximum atomic E-state index is 4.44. The van der Waals surface area contributed by atoms with Crippen LogP contribution in [0.2, 0.25) is 0 Å². The van der Waals surface area contributed by atoms with Gasteiger partial charge >= 0.3 is 0 Å². The Labute approximate surface area is 137 Å². The van der Waals surface area contributed by atoms with Crippen LogP contribution >= 0.6 is 11.8 Å². The molecule has 1 aliphatic rings. The lowest BCUT2D eigenvalue weighted by molar-refractivity contribution is 0.390. The smallest absolute Gasteiger partial charge is 0.191 e. The fourth-order valence-corrected chi connectivity index (χ4v) is 4.41. The molecule has 0 amide bonds. The van der Waals surface area contributed by atoms with Crippen molar-refractivity contribution in [1.82, 2.24) is 14.8 Å². The zero-order valence-corrected chi connectivity index (χ0v) is 14.2. The second-order valence-electron chi connectivity index (χ2n) is 6.12. The molecule has 0 spiro atoms. The zero-order chi connectivity index (χ0) is 15.2. The van der Waals surface area contributed by atoms with Crippen LogP contribution in [0.15, 0.2) is 35.5 Å². The van der Waals surface area contributed by atoms with Gasteiger partial charge in [-0.1, -0.05) is 61.4 Å². The van der Waals surface area contributed by atoms with Gasteiger partial charge in [-0.25, -0.2) is 0 Å². The SMILES string of the molecule is CCn1c(Cc2ccccc2)nnc1SCC1CCCCC1. The lowest BCUT2D eigenvalue weighted by Gasteiger charge is -2.20. The van der Waals surface area contributed by atoms with E-state index in [2.05, 4.69) is 52.0 Å². The highest BCUT2D eigenvalue weighted by Crippen LogP contribution is 2.29. The quantitative estimate of drug-likeness (QED) is 0.732. The summed E-state index contributed by atoms with van der Waals surface area (Å²) in [4.78, 5) is 0. The van der Waals surface area contributed by atoms with E-state index in [4.69, 9.17) is 0 Å². The average Bonchev–Trinajstić information content (AvgIpc) is 2.96. The third-order valence-corrected chi connectivity index (χ3v) is 5.69. The van der Waals surface area contributed by atoms with Gasteiger partial charge in [-0.3, -0.25) is 0 Å². The Morgan fingerprint density at radius 1 is 1.09 bits per heavy atom. The lowest BCUT2D eigenvalue weighted by atomic mass is 9.91. The van der Waals surface area contributed by atoms with Crippen LogP contribution in [-0.2, 0) is 13.0 Å². The van der Waals surface area contributed by atoms with Gasteiger partial charge < -0.3 is 4.57 Å². The van der Waals surface area contributed by atoms with Crippen molar-refractivity contribution in [1.29, 1.82) is 0 Å². The van der Waals surface area contributed by atoms with E-state index in [1.165, 1.54) is 43.4 Å². The summed E-state index contributed by atoms with van der Waals surface area (Å²) < 4.78 is 2.28. The van der Waals surface area contributed by atoms with Crippen molar-refractivity contribution in [2.24, 2.45) is 5.92 Å². The maximum absolute atomic E-state index is 4.44. The van der Waals surface area contributed by atoms with Gasteiger partial charge in [0, 0.05) is 18.7 Å². The van der Waals surface area contributed by atoms with E-state index in [0.29, 0.717) is 0 Å². The van der Waals surface area contributed by atoms with Crippen molar-refractivity contribution in [3.05, 3.63) is 41.7 Å². The molecule has 0 saturated heterocycles. The first-order valence-electron chi connectivity index (χ1n) is 8.45. The molecule has 0 unspecified atom stereocenters. The van der Waals surface area contributed by atoms with Gasteiger partial charge in [-0.15, -0.1) is 10.2 Å². The molecule has 2 aromatic rings. The summed E-state index contributed by atoms with van der Waals surface area (Å²) in [6, 6.07) is 10.5. The summed E-state index contributed by atoms with van der Waals surface area (Å²) in [5.41, 5.74) is 1.30. The molecule has 3 nitrogen and oxygen atoms in total. The number of rotatable bonds is 6. The van der Waals surface area contributed by atoms with Crippen molar-refractivity contribution < 1.29 is 0 Å². The molecule has 118 valence electrons. The Morgan fingerprint density at radius 3 is 2.59 bits per heavy atom. The number of benzene rings is 1. The predicted molar refractivity (Wildman–Crippen MR) is 92.2 cm³/mol. The second kappa shape index (κ2) is 7.82. The maximum Gasteiger partial charge on any atom is 0.191 e. The first kappa shape index (κ1) is 15.6. The Balaban J connectivity index is 1.64. The molecule has 0 radical (unpaired) electrons. The lowest BCUT2D eigenvalue weighted by Crippen LogP contribution is -2.10. The molecule has 1 aromatic carbocycles. The van der Waals surface area contributed by atoms with Crippen LogP contribution in [0.25, 0.3) is 0 Å². The molecular formula is C18H25N3S. The minimum atomic E-state index is 0.867. The number of aromatic nitrogens is 3. The van der Waals surface area contributed by atoms with E-state index in [-0.39, 0.29) is 0 Å². The molecule has 1 aliphatic carbocycles. The Morgan fingerprint density at radius 2 is 1.86 bits per heavy atom. The van der Waals surface area contributed by atoms with Gasteiger partial charge in [0.2, 0.25) is 0 Å². The first-order valence-corrected chi connectivity index (χ1v) is 9.44. The second-order valence-corrected chi connectivity index (χ2v) is 7.11. The summed E-state index contributed by atoms with van der Waals surface area (Å²) in [5, 5.41) is 9.98. The predicted octanol–water partition coefficient (Wildman–Crippen LogP) is 4.56. The number of nitrogens with zero attached hydrogens (tertiary/aromatic N) is 3. The van der Waals surface area contributed by atoms with E-state index >= 15 is 0 Å². The van der Waals surface area contributed by atoms with Gasteiger partial charge in [0.1, 0.15) is 5.82 Å².